The maximum absolute atomic E-state index is 14.5. The van der Waals surface area contributed by atoms with Crippen molar-refractivity contribution in [2.24, 2.45) is 0 Å². The van der Waals surface area contributed by atoms with Crippen molar-refractivity contribution in [2.45, 2.75) is 50.9 Å². The van der Waals surface area contributed by atoms with Crippen molar-refractivity contribution in [3.05, 3.63) is 97.7 Å². The molecule has 0 unspecified atom stereocenters. The number of hydrogen-bond acceptors (Lipinski definition) is 5. The van der Waals surface area contributed by atoms with Crippen molar-refractivity contribution < 1.29 is 23.5 Å². The highest BCUT2D eigenvalue weighted by Gasteiger charge is 2.43. The molecule has 1 aliphatic carbocycles. The molecule has 2 aliphatic heterocycles. The molecule has 2 fully saturated rings. The number of piperazine rings is 1. The number of amides is 2. The number of rotatable bonds is 10. The summed E-state index contributed by atoms with van der Waals surface area (Å²) in [4.78, 5) is 30.7. The van der Waals surface area contributed by atoms with Crippen LogP contribution >= 0.6 is 39.1 Å². The van der Waals surface area contributed by atoms with Gasteiger partial charge in [0.05, 0.1) is 20.6 Å². The quantitative estimate of drug-likeness (QED) is 0.232. The van der Waals surface area contributed by atoms with Gasteiger partial charge in [0.25, 0.3) is 5.91 Å². The van der Waals surface area contributed by atoms with E-state index in [9.17, 15) is 14.0 Å². The van der Waals surface area contributed by atoms with E-state index in [0.717, 1.165) is 29.5 Å². The minimum Gasteiger partial charge on any atom is -0.490 e. The Hall–Kier alpha value is -3.11. The third-order valence-electron chi connectivity index (χ3n) is 8.41. The summed E-state index contributed by atoms with van der Waals surface area (Å²) in [6.45, 7) is 3.45. The Morgan fingerprint density at radius 2 is 1.80 bits per heavy atom. The number of nitrogens with zero attached hydrogens (tertiary/aromatic N) is 2. The minimum absolute atomic E-state index is 0.00162. The van der Waals surface area contributed by atoms with Crippen LogP contribution in [0.2, 0.25) is 10.0 Å². The van der Waals surface area contributed by atoms with E-state index in [-0.39, 0.29) is 49.0 Å². The summed E-state index contributed by atoms with van der Waals surface area (Å²) in [6, 6.07) is 17.3. The lowest BCUT2D eigenvalue weighted by atomic mass is 9.82. The largest absolute Gasteiger partial charge is 0.490 e. The van der Waals surface area contributed by atoms with Gasteiger partial charge in [0.1, 0.15) is 30.5 Å². The Morgan fingerprint density at radius 3 is 2.53 bits per heavy atom. The topological polar surface area (TPSA) is 71.1 Å². The SMILES string of the molecule is CC(=O)N1C[C@H]2CC(c3ccc(OCCOc4cc(F)ccc4Br)cc3)=C(C(=O)N(Cc3cccc(Cl)c3Cl)C3CC3)[C@@H](C1)N2. The molecule has 3 aromatic carbocycles. The van der Waals surface area contributed by atoms with Crippen LogP contribution in [0, 0.1) is 5.82 Å². The van der Waals surface area contributed by atoms with Gasteiger partial charge in [0, 0.05) is 50.3 Å². The number of nitrogens with one attached hydrogen (secondary N) is 1. The van der Waals surface area contributed by atoms with Gasteiger partial charge in [-0.25, -0.2) is 4.39 Å². The highest BCUT2D eigenvalue weighted by atomic mass is 79.9. The van der Waals surface area contributed by atoms with E-state index < -0.39 is 0 Å². The standard InChI is InChI=1S/C34H33BrCl2FN3O4/c1-20(42)40-18-24-16-27(21-5-10-26(11-6-21)44-13-14-45-31-15-23(38)7-12-28(31)35)32(30(19-40)39-24)34(43)41(25-8-9-25)17-22-3-2-4-29(36)33(22)37/h2-7,10-12,15,24-25,30,39H,8-9,13-14,16-19H2,1H3/t24-,30-/m1/s1. The molecule has 1 N–H and O–H groups in total. The summed E-state index contributed by atoms with van der Waals surface area (Å²) in [5.41, 5.74) is 3.41. The third kappa shape index (κ3) is 7.32. The zero-order valence-electron chi connectivity index (χ0n) is 24.7. The van der Waals surface area contributed by atoms with Gasteiger partial charge in [-0.05, 0) is 82.2 Å². The molecule has 2 amide bonds. The Morgan fingerprint density at radius 1 is 1.04 bits per heavy atom. The summed E-state index contributed by atoms with van der Waals surface area (Å²) in [6.07, 6.45) is 2.46. The lowest BCUT2D eigenvalue weighted by Crippen LogP contribution is -2.61. The second-order valence-corrected chi connectivity index (χ2v) is 13.2. The molecule has 236 valence electrons. The van der Waals surface area contributed by atoms with Crippen LogP contribution in [0.15, 0.2) is 70.7 Å². The molecule has 1 saturated heterocycles. The molecule has 2 atom stereocenters. The van der Waals surface area contributed by atoms with E-state index >= 15 is 0 Å². The van der Waals surface area contributed by atoms with Crippen molar-refractivity contribution in [1.82, 2.24) is 15.1 Å². The lowest BCUT2D eigenvalue weighted by Gasteiger charge is -2.44. The van der Waals surface area contributed by atoms with Gasteiger partial charge in [-0.3, -0.25) is 9.59 Å². The van der Waals surface area contributed by atoms with Crippen molar-refractivity contribution in [1.29, 1.82) is 0 Å². The number of carbonyl (C=O) groups is 2. The lowest BCUT2D eigenvalue weighted by molar-refractivity contribution is -0.132. The number of halogens is 4. The highest BCUT2D eigenvalue weighted by molar-refractivity contribution is 9.10. The monoisotopic (exact) mass is 715 g/mol. The zero-order valence-corrected chi connectivity index (χ0v) is 27.8. The Bertz CT molecular complexity index is 1630. The van der Waals surface area contributed by atoms with Crippen LogP contribution in [0.3, 0.4) is 0 Å². The van der Waals surface area contributed by atoms with E-state index in [1.165, 1.54) is 12.1 Å². The third-order valence-corrected chi connectivity index (χ3v) is 9.92. The van der Waals surface area contributed by atoms with Gasteiger partial charge in [0.15, 0.2) is 0 Å². The van der Waals surface area contributed by atoms with Crippen molar-refractivity contribution in [3.63, 3.8) is 0 Å². The van der Waals surface area contributed by atoms with Gasteiger partial charge >= 0.3 is 0 Å². The molecule has 3 aromatic rings. The second kappa shape index (κ2) is 13.7. The van der Waals surface area contributed by atoms with E-state index in [2.05, 4.69) is 21.2 Å². The fraction of sp³-hybridized carbons (Fsp3) is 0.353. The predicted octanol–water partition coefficient (Wildman–Crippen LogP) is 6.89. The minimum atomic E-state index is -0.374. The molecule has 11 heteroatoms. The van der Waals surface area contributed by atoms with Crippen LogP contribution in [0.4, 0.5) is 4.39 Å². The van der Waals surface area contributed by atoms with Crippen molar-refractivity contribution >= 4 is 56.5 Å². The maximum atomic E-state index is 14.5. The molecule has 0 aromatic heterocycles. The van der Waals surface area contributed by atoms with Gasteiger partial charge in [-0.1, -0.05) is 47.5 Å². The normalized spacial score (nSPS) is 19.4. The maximum Gasteiger partial charge on any atom is 0.252 e. The predicted molar refractivity (Wildman–Crippen MR) is 176 cm³/mol. The highest BCUT2D eigenvalue weighted by Crippen LogP contribution is 2.38. The van der Waals surface area contributed by atoms with Crippen LogP contribution in [0.5, 0.6) is 11.5 Å². The summed E-state index contributed by atoms with van der Waals surface area (Å²) in [5, 5.41) is 4.54. The molecular formula is C34H33BrCl2FN3O4. The molecule has 2 bridgehead atoms. The molecule has 7 nitrogen and oxygen atoms in total. The first kappa shape index (κ1) is 31.9. The average Bonchev–Trinajstić information content (AvgIpc) is 3.87. The fourth-order valence-electron chi connectivity index (χ4n) is 6.04. The molecule has 6 rings (SSSR count). The molecule has 1 saturated carbocycles. The zero-order chi connectivity index (χ0) is 31.7. The van der Waals surface area contributed by atoms with E-state index in [4.69, 9.17) is 32.7 Å². The van der Waals surface area contributed by atoms with Gasteiger partial charge in [-0.15, -0.1) is 0 Å². The van der Waals surface area contributed by atoms with Gasteiger partial charge in [-0.2, -0.15) is 0 Å². The van der Waals surface area contributed by atoms with Crippen LogP contribution in [-0.2, 0) is 16.1 Å². The van der Waals surface area contributed by atoms with Crippen LogP contribution in [0.1, 0.15) is 37.3 Å². The second-order valence-electron chi connectivity index (χ2n) is 11.6. The molecule has 0 radical (unpaired) electrons. The fourth-order valence-corrected chi connectivity index (χ4v) is 6.78. The number of benzene rings is 3. The Balaban J connectivity index is 1.24. The summed E-state index contributed by atoms with van der Waals surface area (Å²) < 4.78 is 25.8. The van der Waals surface area contributed by atoms with Gasteiger partial charge < -0.3 is 24.6 Å². The van der Waals surface area contributed by atoms with Crippen molar-refractivity contribution in [2.75, 3.05) is 26.3 Å². The van der Waals surface area contributed by atoms with Crippen LogP contribution < -0.4 is 14.8 Å². The number of fused-ring (bicyclic) bond motifs is 2. The summed E-state index contributed by atoms with van der Waals surface area (Å²) in [5.74, 6) is 0.644. The van der Waals surface area contributed by atoms with Crippen molar-refractivity contribution in [3.8, 4) is 11.5 Å². The molecule has 3 aliphatic rings. The molecular weight excluding hydrogens is 684 g/mol. The Labute approximate surface area is 280 Å². The number of ether oxygens (including phenoxy) is 2. The first-order valence-corrected chi connectivity index (χ1v) is 16.5. The summed E-state index contributed by atoms with van der Waals surface area (Å²) in [7, 11) is 0. The number of hydrogen-bond donors (Lipinski definition) is 1. The average molecular weight is 717 g/mol. The summed E-state index contributed by atoms with van der Waals surface area (Å²) >= 11 is 16.2. The van der Waals surface area contributed by atoms with Crippen LogP contribution in [0.25, 0.3) is 5.57 Å². The van der Waals surface area contributed by atoms with Crippen LogP contribution in [-0.4, -0.2) is 66.0 Å². The van der Waals surface area contributed by atoms with Gasteiger partial charge in [0.2, 0.25) is 5.91 Å². The first-order chi connectivity index (χ1) is 21.7. The number of carbonyl (C=O) groups excluding carboxylic acids is 2. The van der Waals surface area contributed by atoms with E-state index in [0.29, 0.717) is 57.6 Å². The van der Waals surface area contributed by atoms with E-state index in [1.807, 2.05) is 46.2 Å². The molecule has 2 heterocycles. The Kier molecular flexibility index (Phi) is 9.71. The van der Waals surface area contributed by atoms with E-state index in [1.54, 1.807) is 19.1 Å². The first-order valence-electron chi connectivity index (χ1n) is 15.0. The molecule has 45 heavy (non-hydrogen) atoms. The molecule has 0 spiro atoms. The smallest absolute Gasteiger partial charge is 0.252 e.